The Labute approximate surface area is 252 Å². The first kappa shape index (κ1) is 30.4. The highest BCUT2D eigenvalue weighted by molar-refractivity contribution is 5.94. The van der Waals surface area contributed by atoms with Gasteiger partial charge in [-0.2, -0.15) is 0 Å². The average Bonchev–Trinajstić information content (AvgIpc) is 3.02. The van der Waals surface area contributed by atoms with Crippen LogP contribution in [0.15, 0.2) is 42.5 Å². The number of aryl methyl sites for hydroxylation is 1. The van der Waals surface area contributed by atoms with Gasteiger partial charge in [-0.25, -0.2) is 4.79 Å². The van der Waals surface area contributed by atoms with E-state index in [1.807, 2.05) is 18.2 Å². The van der Waals surface area contributed by atoms with E-state index in [4.69, 9.17) is 0 Å². The van der Waals surface area contributed by atoms with Crippen LogP contribution in [-0.2, 0) is 33.8 Å². The summed E-state index contributed by atoms with van der Waals surface area (Å²) in [7, 11) is 1.32. The molecule has 2 aliphatic carbocycles. The first-order chi connectivity index (χ1) is 20.6. The lowest BCUT2D eigenvalue weighted by molar-refractivity contribution is -0.146. The normalized spacial score (nSPS) is 21.5. The van der Waals surface area contributed by atoms with Gasteiger partial charge in [-0.05, 0) is 79.3 Å². The van der Waals surface area contributed by atoms with Crippen molar-refractivity contribution in [3.8, 4) is 5.75 Å². The van der Waals surface area contributed by atoms with Gasteiger partial charge in [0.25, 0.3) is 0 Å². The highest BCUT2D eigenvalue weighted by Gasteiger charge is 2.42. The third-order valence-corrected chi connectivity index (χ3v) is 9.54. The molecule has 10 nitrogen and oxygen atoms in total. The molecule has 0 saturated heterocycles. The number of rotatable bonds is 7. The van der Waals surface area contributed by atoms with Crippen LogP contribution in [0.5, 0.6) is 5.75 Å². The van der Waals surface area contributed by atoms with Crippen LogP contribution < -0.4 is 10.6 Å². The summed E-state index contributed by atoms with van der Waals surface area (Å²) < 4.78 is 0. The third kappa shape index (κ3) is 6.63. The monoisotopic (exact) mass is 590 g/mol. The predicted molar refractivity (Wildman–Crippen MR) is 160 cm³/mol. The molecule has 2 aromatic carbocycles. The summed E-state index contributed by atoms with van der Waals surface area (Å²) in [6.45, 7) is 1.61. The second-order valence-corrected chi connectivity index (χ2v) is 12.2. The summed E-state index contributed by atoms with van der Waals surface area (Å²) in [6.07, 6.45) is 6.18. The number of carbonyl (C=O) groups excluding carboxylic acids is 3. The minimum absolute atomic E-state index is 0.0792. The SMILES string of the molecule is CC(C(=O)NC(C(=O)N1Cc2cc(O)ccc2C[C@@H]1C(=O)N[C@H]1CCCc2ccccc21)C1CCCCC1)N(C)C(=O)O. The van der Waals surface area contributed by atoms with Gasteiger partial charge in [0.1, 0.15) is 23.9 Å². The Balaban J connectivity index is 1.44. The minimum Gasteiger partial charge on any atom is -0.508 e. The van der Waals surface area contributed by atoms with Crippen LogP contribution in [0.4, 0.5) is 4.79 Å². The predicted octanol–water partition coefficient (Wildman–Crippen LogP) is 3.90. The summed E-state index contributed by atoms with van der Waals surface area (Å²) in [6, 6.07) is 10.3. The Kier molecular flexibility index (Phi) is 9.22. The fourth-order valence-corrected chi connectivity index (χ4v) is 6.85. The number of benzene rings is 2. The van der Waals surface area contributed by atoms with Crippen LogP contribution in [0, 0.1) is 5.92 Å². The maximum absolute atomic E-state index is 14.5. The number of carboxylic acid groups (broad SMARTS) is 1. The number of likely N-dealkylation sites (N-methyl/N-ethyl adjacent to an activating group) is 1. The summed E-state index contributed by atoms with van der Waals surface area (Å²) in [5, 5.41) is 25.7. The molecule has 1 aliphatic heterocycles. The van der Waals surface area contributed by atoms with Gasteiger partial charge in [0.2, 0.25) is 17.7 Å². The van der Waals surface area contributed by atoms with Gasteiger partial charge >= 0.3 is 6.09 Å². The van der Waals surface area contributed by atoms with Gasteiger partial charge in [-0.15, -0.1) is 0 Å². The van der Waals surface area contributed by atoms with Crippen molar-refractivity contribution in [3.05, 3.63) is 64.7 Å². The van der Waals surface area contributed by atoms with E-state index in [2.05, 4.69) is 16.7 Å². The van der Waals surface area contributed by atoms with E-state index >= 15 is 0 Å². The molecule has 43 heavy (non-hydrogen) atoms. The molecule has 230 valence electrons. The van der Waals surface area contributed by atoms with Crippen LogP contribution in [-0.4, -0.2) is 69.0 Å². The molecule has 0 bridgehead atoms. The lowest BCUT2D eigenvalue weighted by Crippen LogP contribution is -2.61. The molecule has 3 aliphatic rings. The molecule has 4 N–H and O–H groups in total. The molecule has 4 atom stereocenters. The van der Waals surface area contributed by atoms with Crippen molar-refractivity contribution in [2.45, 2.75) is 95.4 Å². The molecule has 1 heterocycles. The van der Waals surface area contributed by atoms with Crippen LogP contribution >= 0.6 is 0 Å². The van der Waals surface area contributed by atoms with Crippen LogP contribution in [0.2, 0.25) is 0 Å². The molecule has 1 saturated carbocycles. The molecule has 10 heteroatoms. The molecule has 2 aromatic rings. The molecule has 1 fully saturated rings. The summed E-state index contributed by atoms with van der Waals surface area (Å²) >= 11 is 0. The van der Waals surface area contributed by atoms with Crippen molar-refractivity contribution in [3.63, 3.8) is 0 Å². The fraction of sp³-hybridized carbons (Fsp3) is 0.515. The Hall–Kier alpha value is -4.08. The zero-order valence-electron chi connectivity index (χ0n) is 24.9. The molecular weight excluding hydrogens is 548 g/mol. The summed E-state index contributed by atoms with van der Waals surface area (Å²) in [5.74, 6) is -1.21. The number of nitrogens with zero attached hydrogens (tertiary/aromatic N) is 2. The quantitative estimate of drug-likeness (QED) is 0.386. The Bertz CT molecular complexity index is 1370. The third-order valence-electron chi connectivity index (χ3n) is 9.54. The first-order valence-corrected chi connectivity index (χ1v) is 15.4. The van der Waals surface area contributed by atoms with Crippen LogP contribution in [0.25, 0.3) is 0 Å². The first-order valence-electron chi connectivity index (χ1n) is 15.4. The summed E-state index contributed by atoms with van der Waals surface area (Å²) in [4.78, 5) is 55.8. The Morgan fingerprint density at radius 1 is 0.953 bits per heavy atom. The average molecular weight is 591 g/mol. The summed E-state index contributed by atoms with van der Waals surface area (Å²) in [5.41, 5.74) is 3.97. The zero-order chi connectivity index (χ0) is 30.7. The van der Waals surface area contributed by atoms with Crippen LogP contribution in [0.1, 0.15) is 80.2 Å². The van der Waals surface area contributed by atoms with Gasteiger partial charge in [0.05, 0.1) is 6.04 Å². The molecule has 4 amide bonds. The number of carbonyl (C=O) groups is 4. The van der Waals surface area contributed by atoms with Gasteiger partial charge in [-0.3, -0.25) is 19.3 Å². The van der Waals surface area contributed by atoms with E-state index in [0.717, 1.165) is 73.0 Å². The standard InChI is InChI=1S/C33H42N4O6/c1-20(36(2)33(42)43)30(39)35-29(22-10-4-3-5-11-22)32(41)37-19-24-17-25(38)16-15-23(24)18-28(37)31(40)34-27-14-8-12-21-9-6-7-13-26(21)27/h6-7,9,13,15-17,20,22,27-29,38H,3-5,8,10-12,14,18-19H2,1-2H3,(H,34,40)(H,35,39)(H,42,43)/t20?,27-,28+,29?/m0/s1. The van der Waals surface area contributed by atoms with E-state index in [9.17, 15) is 29.4 Å². The lowest BCUT2D eigenvalue weighted by Gasteiger charge is -2.41. The van der Waals surface area contributed by atoms with Crippen molar-refractivity contribution in [1.82, 2.24) is 20.4 Å². The van der Waals surface area contributed by atoms with Crippen molar-refractivity contribution in [2.75, 3.05) is 7.05 Å². The largest absolute Gasteiger partial charge is 0.508 e. The van der Waals surface area contributed by atoms with Crippen LogP contribution in [0.3, 0.4) is 0 Å². The minimum atomic E-state index is -1.24. The molecule has 0 aromatic heterocycles. The Morgan fingerprint density at radius 3 is 2.44 bits per heavy atom. The van der Waals surface area contributed by atoms with Gasteiger partial charge < -0.3 is 25.7 Å². The van der Waals surface area contributed by atoms with E-state index in [1.165, 1.54) is 19.5 Å². The number of aromatic hydroxyl groups is 1. The molecule has 5 rings (SSSR count). The number of amides is 4. The molecular formula is C33H42N4O6. The highest BCUT2D eigenvalue weighted by Crippen LogP contribution is 2.33. The zero-order valence-corrected chi connectivity index (χ0v) is 24.9. The number of hydrogen-bond donors (Lipinski definition) is 4. The van der Waals surface area contributed by atoms with Gasteiger partial charge in [0.15, 0.2) is 0 Å². The van der Waals surface area contributed by atoms with Gasteiger partial charge in [0, 0.05) is 20.0 Å². The van der Waals surface area contributed by atoms with Crippen molar-refractivity contribution >= 4 is 23.8 Å². The van der Waals surface area contributed by atoms with E-state index in [1.54, 1.807) is 23.1 Å². The van der Waals surface area contributed by atoms with Gasteiger partial charge in [-0.1, -0.05) is 49.6 Å². The smallest absolute Gasteiger partial charge is 0.407 e. The maximum Gasteiger partial charge on any atom is 0.407 e. The number of phenols is 1. The van der Waals surface area contributed by atoms with Crippen molar-refractivity contribution in [1.29, 1.82) is 0 Å². The number of hydrogen-bond acceptors (Lipinski definition) is 5. The number of phenolic OH excluding ortho intramolecular Hbond substituents is 1. The second-order valence-electron chi connectivity index (χ2n) is 12.2. The van der Waals surface area contributed by atoms with E-state index in [0.29, 0.717) is 0 Å². The maximum atomic E-state index is 14.5. The molecule has 0 spiro atoms. The van der Waals surface area contributed by atoms with Crippen molar-refractivity contribution < 1.29 is 29.4 Å². The molecule has 2 unspecified atom stereocenters. The number of nitrogens with one attached hydrogen (secondary N) is 2. The van der Waals surface area contributed by atoms with E-state index in [-0.39, 0.29) is 42.5 Å². The molecule has 0 radical (unpaired) electrons. The topological polar surface area (TPSA) is 139 Å². The van der Waals surface area contributed by atoms with E-state index < -0.39 is 30.1 Å². The Morgan fingerprint density at radius 2 is 1.70 bits per heavy atom. The fourth-order valence-electron chi connectivity index (χ4n) is 6.85. The second kappa shape index (κ2) is 13.1. The van der Waals surface area contributed by atoms with Crippen molar-refractivity contribution in [2.24, 2.45) is 5.92 Å². The highest BCUT2D eigenvalue weighted by atomic mass is 16.4. The lowest BCUT2D eigenvalue weighted by atomic mass is 9.82. The number of fused-ring (bicyclic) bond motifs is 2.